The maximum absolute atomic E-state index is 13.6. The van der Waals surface area contributed by atoms with Gasteiger partial charge in [0, 0.05) is 45.0 Å². The van der Waals surface area contributed by atoms with Gasteiger partial charge in [0.25, 0.3) is 11.5 Å². The van der Waals surface area contributed by atoms with Crippen molar-refractivity contribution in [3.63, 3.8) is 0 Å². The van der Waals surface area contributed by atoms with Gasteiger partial charge < -0.3 is 15.1 Å². The van der Waals surface area contributed by atoms with Crippen LogP contribution in [0.15, 0.2) is 41.5 Å². The zero-order valence-corrected chi connectivity index (χ0v) is 25.3. The van der Waals surface area contributed by atoms with Gasteiger partial charge in [0.05, 0.1) is 40.0 Å². The van der Waals surface area contributed by atoms with Gasteiger partial charge in [-0.25, -0.2) is 19.9 Å². The number of piperazine rings is 1. The van der Waals surface area contributed by atoms with Gasteiger partial charge in [-0.2, -0.15) is 0 Å². The molecule has 4 heterocycles. The van der Waals surface area contributed by atoms with Crippen LogP contribution in [-0.4, -0.2) is 62.8 Å². The fourth-order valence-corrected chi connectivity index (χ4v) is 5.43. The van der Waals surface area contributed by atoms with Crippen LogP contribution in [0.5, 0.6) is 0 Å². The number of rotatable bonds is 7. The Balaban J connectivity index is 1.48. The average molecular weight is 615 g/mol. The topological polar surface area (TPSA) is 121 Å². The van der Waals surface area contributed by atoms with Crippen molar-refractivity contribution >= 4 is 69.5 Å². The van der Waals surface area contributed by atoms with E-state index < -0.39 is 0 Å². The summed E-state index contributed by atoms with van der Waals surface area (Å²) >= 11 is 13.2. The third kappa shape index (κ3) is 6.04. The van der Waals surface area contributed by atoms with Gasteiger partial charge in [0.1, 0.15) is 5.15 Å². The van der Waals surface area contributed by atoms with E-state index in [1.54, 1.807) is 42.4 Å². The van der Waals surface area contributed by atoms with Crippen LogP contribution < -0.4 is 25.4 Å². The van der Waals surface area contributed by atoms with Crippen LogP contribution in [-0.2, 0) is 7.05 Å². The van der Waals surface area contributed by atoms with E-state index in [2.05, 4.69) is 34.8 Å². The molecule has 1 aromatic carbocycles. The first-order chi connectivity index (χ1) is 19.7. The van der Waals surface area contributed by atoms with E-state index in [0.29, 0.717) is 59.7 Å². The molecule has 0 bridgehead atoms. The number of nitrogens with one attached hydrogen (secondary N) is 2. The molecule has 0 radical (unpaired) electrons. The highest BCUT2D eigenvalue weighted by atomic mass is 35.5. The van der Waals surface area contributed by atoms with Gasteiger partial charge in [-0.3, -0.25) is 18.9 Å². The van der Waals surface area contributed by atoms with Crippen LogP contribution in [0.4, 0.5) is 17.6 Å². The van der Waals surface area contributed by atoms with Crippen molar-refractivity contribution in [2.75, 3.05) is 47.6 Å². The molecule has 2 N–H and O–H groups in total. The van der Waals surface area contributed by atoms with Gasteiger partial charge in [0.15, 0.2) is 5.69 Å². The Bertz CT molecular complexity index is 1660. The Morgan fingerprint density at radius 3 is 2.41 bits per heavy atom. The maximum atomic E-state index is 13.6. The Labute approximate surface area is 251 Å². The first kappa shape index (κ1) is 28.9. The molecule has 1 aliphatic heterocycles. The molecule has 3 aromatic heterocycles. The zero-order valence-electron chi connectivity index (χ0n) is 23.0. The number of fused-ring (bicyclic) bond motifs is 1. The summed E-state index contributed by atoms with van der Waals surface area (Å²) in [5.74, 6) is 0.847. The smallest absolute Gasteiger partial charge is 0.281 e. The number of hydrogen-bond acceptors (Lipinski definition) is 10. The summed E-state index contributed by atoms with van der Waals surface area (Å²) in [6, 6.07) is 6.91. The summed E-state index contributed by atoms with van der Waals surface area (Å²) in [5.41, 5.74) is 2.95. The van der Waals surface area contributed by atoms with E-state index in [1.807, 2.05) is 26.0 Å². The molecule has 14 heteroatoms. The lowest BCUT2D eigenvalue weighted by Gasteiger charge is -2.36. The molecule has 214 valence electrons. The number of aromatic nitrogens is 5. The van der Waals surface area contributed by atoms with Crippen molar-refractivity contribution in [1.82, 2.24) is 29.2 Å². The third-order valence-electron chi connectivity index (χ3n) is 6.89. The number of benzene rings is 1. The predicted molar refractivity (Wildman–Crippen MR) is 165 cm³/mol. The lowest BCUT2D eigenvalue weighted by molar-refractivity contribution is 0.0980. The molecule has 0 saturated carbocycles. The first-order valence-corrected chi connectivity index (χ1v) is 14.9. The summed E-state index contributed by atoms with van der Waals surface area (Å²) in [6.45, 7) is 6.51. The van der Waals surface area contributed by atoms with Crippen molar-refractivity contribution in [3.8, 4) is 0 Å². The summed E-state index contributed by atoms with van der Waals surface area (Å²) in [7, 11) is 1.75. The number of pyridine rings is 1. The Kier molecular flexibility index (Phi) is 8.52. The van der Waals surface area contributed by atoms with Crippen LogP contribution in [0.25, 0.3) is 10.9 Å². The number of anilines is 3. The number of carbonyl (C=O) groups is 1. The SMILES string of the molecule is CSNC(=O)c1nc(Cl)ccc1NC(C)c1cc(C)cc2c(=O)n(C)c(N3CCN(c4ncc(Cl)cn4)CC3)nc12. The number of amides is 1. The Morgan fingerprint density at radius 2 is 1.73 bits per heavy atom. The summed E-state index contributed by atoms with van der Waals surface area (Å²) < 4.78 is 4.30. The molecule has 1 amide bonds. The molecule has 1 aliphatic rings. The van der Waals surface area contributed by atoms with Gasteiger partial charge in [-0.15, -0.1) is 0 Å². The van der Waals surface area contributed by atoms with E-state index in [9.17, 15) is 9.59 Å². The molecule has 4 aromatic rings. The number of halogens is 2. The maximum Gasteiger partial charge on any atom is 0.281 e. The monoisotopic (exact) mass is 613 g/mol. The molecule has 1 unspecified atom stereocenters. The van der Waals surface area contributed by atoms with Crippen molar-refractivity contribution in [2.24, 2.45) is 7.05 Å². The molecule has 1 fully saturated rings. The number of nitrogens with zero attached hydrogens (tertiary/aromatic N) is 7. The molecule has 41 heavy (non-hydrogen) atoms. The van der Waals surface area contributed by atoms with Gasteiger partial charge >= 0.3 is 0 Å². The predicted octanol–water partition coefficient (Wildman–Crippen LogP) is 4.24. The lowest BCUT2D eigenvalue weighted by Crippen LogP contribution is -2.48. The van der Waals surface area contributed by atoms with E-state index in [0.717, 1.165) is 11.1 Å². The highest BCUT2D eigenvalue weighted by Crippen LogP contribution is 2.29. The van der Waals surface area contributed by atoms with Crippen LogP contribution in [0.2, 0.25) is 10.2 Å². The summed E-state index contributed by atoms with van der Waals surface area (Å²) in [6.07, 6.45) is 4.93. The van der Waals surface area contributed by atoms with Crippen molar-refractivity contribution in [1.29, 1.82) is 0 Å². The molecule has 1 saturated heterocycles. The third-order valence-corrected chi connectivity index (χ3v) is 7.69. The molecule has 0 spiro atoms. The van der Waals surface area contributed by atoms with E-state index in [4.69, 9.17) is 28.2 Å². The quantitative estimate of drug-likeness (QED) is 0.231. The van der Waals surface area contributed by atoms with E-state index in [1.165, 1.54) is 11.9 Å². The van der Waals surface area contributed by atoms with Gasteiger partial charge in [0.2, 0.25) is 11.9 Å². The number of carbonyl (C=O) groups excluding carboxylic acids is 1. The highest BCUT2D eigenvalue weighted by molar-refractivity contribution is 7.97. The molecule has 11 nitrogen and oxygen atoms in total. The van der Waals surface area contributed by atoms with Gasteiger partial charge in [-0.1, -0.05) is 41.2 Å². The highest BCUT2D eigenvalue weighted by Gasteiger charge is 2.25. The van der Waals surface area contributed by atoms with Crippen molar-refractivity contribution < 1.29 is 4.79 Å². The molecular formula is C27H29Cl2N9O2S. The fourth-order valence-electron chi connectivity index (χ4n) is 4.91. The minimum Gasteiger partial charge on any atom is -0.377 e. The van der Waals surface area contributed by atoms with Crippen LogP contribution in [0, 0.1) is 6.92 Å². The largest absolute Gasteiger partial charge is 0.377 e. The minimum absolute atomic E-state index is 0.126. The second-order valence-electron chi connectivity index (χ2n) is 9.73. The van der Waals surface area contributed by atoms with E-state index >= 15 is 0 Å². The van der Waals surface area contributed by atoms with E-state index in [-0.39, 0.29) is 28.4 Å². The van der Waals surface area contributed by atoms with Crippen LogP contribution in [0.1, 0.15) is 34.6 Å². The summed E-state index contributed by atoms with van der Waals surface area (Å²) in [5, 5.41) is 4.63. The number of aryl methyl sites for hydroxylation is 1. The van der Waals surface area contributed by atoms with Crippen molar-refractivity contribution in [3.05, 3.63) is 74.0 Å². The second-order valence-corrected chi connectivity index (χ2v) is 11.2. The van der Waals surface area contributed by atoms with Crippen LogP contribution in [0.3, 0.4) is 0 Å². The fraction of sp³-hybridized carbons (Fsp3) is 0.333. The molecule has 1 atom stereocenters. The van der Waals surface area contributed by atoms with Gasteiger partial charge in [-0.05, 0) is 37.6 Å². The Hall–Kier alpha value is -3.61. The average Bonchev–Trinajstić information content (AvgIpc) is 2.96. The molecule has 5 rings (SSSR count). The summed E-state index contributed by atoms with van der Waals surface area (Å²) in [4.78, 5) is 48.4. The first-order valence-electron chi connectivity index (χ1n) is 12.9. The number of hydrogen-bond donors (Lipinski definition) is 2. The van der Waals surface area contributed by atoms with Crippen LogP contribution >= 0.6 is 35.1 Å². The molecular weight excluding hydrogens is 585 g/mol. The Morgan fingerprint density at radius 1 is 1.05 bits per heavy atom. The minimum atomic E-state index is -0.360. The second kappa shape index (κ2) is 12.1. The molecule has 0 aliphatic carbocycles. The normalized spacial score (nSPS) is 14.3. The standard InChI is InChI=1S/C27H29Cl2N9O2S/c1-15-11-18(16(2)32-20-5-6-21(29)33-23(20)24(39)35-41-4)22-19(12-15)25(40)36(3)27(34-22)38-9-7-37(8-10-38)26-30-13-17(28)14-31-26/h5-6,11-14,16,32H,7-10H2,1-4H3,(H,35,39). The lowest BCUT2D eigenvalue weighted by atomic mass is 10.0. The van der Waals surface area contributed by atoms with Crippen molar-refractivity contribution in [2.45, 2.75) is 19.9 Å². The zero-order chi connectivity index (χ0) is 29.3.